The number of azo groups is 2. The van der Waals surface area contributed by atoms with Crippen molar-refractivity contribution in [3.63, 3.8) is 0 Å². The summed E-state index contributed by atoms with van der Waals surface area (Å²) in [4.78, 5) is 0. The van der Waals surface area contributed by atoms with Gasteiger partial charge in [-0.3, -0.25) is 5.32 Å². The molecule has 0 saturated carbocycles. The fraction of sp³-hybridized carbons (Fsp3) is 0.0750. The first-order valence-corrected chi connectivity index (χ1v) is 16.8. The fourth-order valence-corrected chi connectivity index (χ4v) is 6.64. The number of benzene rings is 6. The Morgan fingerprint density at radius 1 is 0.521 bits per heavy atom. The lowest BCUT2D eigenvalue weighted by atomic mass is 10.1. The highest BCUT2D eigenvalue weighted by molar-refractivity contribution is 7.95. The Kier molecular flexibility index (Phi) is 8.60. The van der Waals surface area contributed by atoms with E-state index in [0.717, 1.165) is 22.5 Å². The van der Waals surface area contributed by atoms with Crippen molar-refractivity contribution in [3.05, 3.63) is 180 Å². The Balaban J connectivity index is 1.09. The smallest absolute Gasteiger partial charge is 0.269 e. The topological polar surface area (TPSA) is 67.1 Å². The Bertz CT molecular complexity index is 2030. The van der Waals surface area contributed by atoms with Gasteiger partial charge in [0.05, 0.1) is 18.0 Å². The minimum absolute atomic E-state index is 0.0278. The van der Waals surface area contributed by atoms with Crippen molar-refractivity contribution in [2.75, 3.05) is 11.7 Å². The molecule has 6 aromatic rings. The maximum atomic E-state index is 5.06. The van der Waals surface area contributed by atoms with E-state index >= 15 is 0 Å². The minimum Gasteiger partial charge on any atom is -0.277 e. The van der Waals surface area contributed by atoms with Crippen molar-refractivity contribution < 1.29 is 4.70 Å². The molecule has 1 saturated heterocycles. The molecule has 0 spiro atoms. The van der Waals surface area contributed by atoms with E-state index in [1.54, 1.807) is 0 Å². The van der Waals surface area contributed by atoms with Gasteiger partial charge in [0.15, 0.2) is 0 Å². The van der Waals surface area contributed by atoms with Gasteiger partial charge in [-0.2, -0.15) is 0 Å². The molecule has 0 amide bonds. The first-order valence-electron chi connectivity index (χ1n) is 16.0. The molecule has 8 heteroatoms. The number of hydrogen-bond acceptors (Lipinski definition) is 7. The minimum atomic E-state index is -0.0278. The SMILES string of the molecule is c1ccc(-c2ccc(N3C[N+](c4ccc(-c5ccccc5)cc4)=NC(c4ccc(C5NSNC(c6ccccc6)N5)cc4)=N3)cc2)cc1. The third-order valence-electron chi connectivity index (χ3n) is 8.57. The first kappa shape index (κ1) is 30.0. The van der Waals surface area contributed by atoms with Crippen molar-refractivity contribution in [2.45, 2.75) is 12.3 Å². The second-order valence-corrected chi connectivity index (χ2v) is 12.4. The van der Waals surface area contributed by atoms with Gasteiger partial charge in [-0.05, 0) is 57.6 Å². The average molecular weight is 645 g/mol. The van der Waals surface area contributed by atoms with Crippen molar-refractivity contribution in [2.24, 2.45) is 10.2 Å². The predicted octanol–water partition coefficient (Wildman–Crippen LogP) is 9.00. The number of nitrogens with zero attached hydrogens (tertiary/aromatic N) is 4. The van der Waals surface area contributed by atoms with Crippen LogP contribution < -0.4 is 19.8 Å². The van der Waals surface area contributed by atoms with E-state index < -0.39 is 0 Å². The van der Waals surface area contributed by atoms with Gasteiger partial charge in [-0.15, -0.1) is 5.10 Å². The highest BCUT2D eigenvalue weighted by Crippen LogP contribution is 2.29. The lowest BCUT2D eigenvalue weighted by Crippen LogP contribution is -2.45. The van der Waals surface area contributed by atoms with Crippen LogP contribution in [0.15, 0.2) is 174 Å². The second kappa shape index (κ2) is 13.8. The summed E-state index contributed by atoms with van der Waals surface area (Å²) in [5.41, 5.74) is 9.97. The molecule has 2 atom stereocenters. The normalized spacial score (nSPS) is 17.8. The zero-order valence-electron chi connectivity index (χ0n) is 26.1. The molecule has 2 aliphatic rings. The van der Waals surface area contributed by atoms with Crippen molar-refractivity contribution in [1.82, 2.24) is 14.8 Å². The molecule has 48 heavy (non-hydrogen) atoms. The van der Waals surface area contributed by atoms with Crippen LogP contribution in [0, 0.1) is 0 Å². The van der Waals surface area contributed by atoms with Gasteiger partial charge in [0.25, 0.3) is 6.67 Å². The van der Waals surface area contributed by atoms with Crippen LogP contribution in [0.2, 0.25) is 0 Å². The molecular formula is C40H34N7S+. The van der Waals surface area contributed by atoms with Gasteiger partial charge >= 0.3 is 0 Å². The van der Waals surface area contributed by atoms with Crippen molar-refractivity contribution in [1.29, 1.82) is 0 Å². The van der Waals surface area contributed by atoms with E-state index in [2.05, 4.69) is 160 Å². The molecule has 1 fully saturated rings. The number of hydrazone groups is 1. The summed E-state index contributed by atoms with van der Waals surface area (Å²) in [6, 6.07) is 56.9. The van der Waals surface area contributed by atoms with Crippen LogP contribution >= 0.6 is 12.1 Å². The first-order chi connectivity index (χ1) is 23.8. The Morgan fingerprint density at radius 2 is 1.00 bits per heavy atom. The lowest BCUT2D eigenvalue weighted by Gasteiger charge is -2.32. The molecule has 8 rings (SSSR count). The summed E-state index contributed by atoms with van der Waals surface area (Å²) in [6.45, 7) is 0.484. The van der Waals surface area contributed by atoms with Crippen molar-refractivity contribution >= 4 is 29.3 Å². The summed E-state index contributed by atoms with van der Waals surface area (Å²) in [7, 11) is 0. The van der Waals surface area contributed by atoms with Gasteiger partial charge in [-0.1, -0.05) is 132 Å². The second-order valence-electron chi connectivity index (χ2n) is 11.7. The van der Waals surface area contributed by atoms with Crippen LogP contribution in [0.1, 0.15) is 29.0 Å². The highest BCUT2D eigenvalue weighted by atomic mass is 32.2. The van der Waals surface area contributed by atoms with Gasteiger partial charge < -0.3 is 0 Å². The maximum Gasteiger partial charge on any atom is 0.269 e. The Morgan fingerprint density at radius 3 is 1.58 bits per heavy atom. The summed E-state index contributed by atoms with van der Waals surface area (Å²) in [6.07, 6.45) is 0.00326. The Hall–Kier alpha value is -5.38. The van der Waals surface area contributed by atoms with E-state index in [9.17, 15) is 0 Å². The predicted molar refractivity (Wildman–Crippen MR) is 195 cm³/mol. The maximum absolute atomic E-state index is 5.06. The number of rotatable bonds is 7. The molecule has 0 aliphatic carbocycles. The molecule has 6 aromatic carbocycles. The third-order valence-corrected chi connectivity index (χ3v) is 9.27. The molecule has 0 bridgehead atoms. The van der Waals surface area contributed by atoms with E-state index in [1.165, 1.54) is 40.0 Å². The van der Waals surface area contributed by atoms with Crippen LogP contribution in [0.3, 0.4) is 0 Å². The largest absolute Gasteiger partial charge is 0.277 e. The molecule has 3 N–H and O–H groups in total. The van der Waals surface area contributed by atoms with Gasteiger partial charge in [0.2, 0.25) is 11.5 Å². The van der Waals surface area contributed by atoms with E-state index in [0.29, 0.717) is 12.5 Å². The molecule has 234 valence electrons. The molecule has 7 nitrogen and oxygen atoms in total. The number of anilines is 1. The number of nitrogens with one attached hydrogen (secondary N) is 3. The van der Waals surface area contributed by atoms with E-state index in [1.807, 2.05) is 27.9 Å². The van der Waals surface area contributed by atoms with Crippen molar-refractivity contribution in [3.8, 4) is 22.3 Å². The zero-order valence-corrected chi connectivity index (χ0v) is 27.0. The lowest BCUT2D eigenvalue weighted by molar-refractivity contribution is -0.508. The van der Waals surface area contributed by atoms with Crippen LogP contribution in [0.25, 0.3) is 22.3 Å². The molecule has 2 heterocycles. The molecule has 2 aliphatic heterocycles. The fourth-order valence-electron chi connectivity index (χ4n) is 5.93. The van der Waals surface area contributed by atoms with Gasteiger partial charge in [0.1, 0.15) is 0 Å². The molecular weight excluding hydrogens is 611 g/mol. The standard InChI is InChI=1S/C40H34N7S/c1-4-10-29(11-5-1)31-20-24-36(25-21-31)46-28-47(37-26-22-32(23-27-37)30-12-6-2-7-13-30)43-40(42-46)35-18-16-34(17-19-35)39-41-38(44-48-45-39)33-14-8-3-9-15-33/h1-27,38-39,41,44-45H,28H2/q+1. The number of amidine groups is 1. The highest BCUT2D eigenvalue weighted by Gasteiger charge is 2.27. The average Bonchev–Trinajstić information content (AvgIpc) is 3.19. The Labute approximate surface area is 284 Å². The summed E-state index contributed by atoms with van der Waals surface area (Å²) < 4.78 is 8.88. The van der Waals surface area contributed by atoms with Crippen LogP contribution in [0.5, 0.6) is 0 Å². The molecule has 2 unspecified atom stereocenters. The zero-order chi connectivity index (χ0) is 32.1. The monoisotopic (exact) mass is 644 g/mol. The number of hydrogen-bond donors (Lipinski definition) is 3. The summed E-state index contributed by atoms with van der Waals surface area (Å²) in [5, 5.41) is 15.8. The van der Waals surface area contributed by atoms with Crippen LogP contribution in [0.4, 0.5) is 11.4 Å². The van der Waals surface area contributed by atoms with Crippen LogP contribution in [-0.2, 0) is 0 Å². The summed E-state index contributed by atoms with van der Waals surface area (Å²) >= 11 is 1.51. The molecule has 0 aromatic heterocycles. The van der Waals surface area contributed by atoms with E-state index in [4.69, 9.17) is 10.2 Å². The third kappa shape index (κ3) is 6.56. The van der Waals surface area contributed by atoms with E-state index in [-0.39, 0.29) is 12.3 Å². The van der Waals surface area contributed by atoms with Gasteiger partial charge in [0, 0.05) is 34.9 Å². The van der Waals surface area contributed by atoms with Crippen LogP contribution in [-0.4, -0.2) is 17.2 Å². The quantitative estimate of drug-likeness (QED) is 0.120. The molecule has 0 radical (unpaired) electrons. The van der Waals surface area contributed by atoms with Gasteiger partial charge in [-0.25, -0.2) is 14.5 Å². The summed E-state index contributed by atoms with van der Waals surface area (Å²) in [5.74, 6) is 0.648.